The van der Waals surface area contributed by atoms with Gasteiger partial charge in [0.1, 0.15) is 5.75 Å². The predicted molar refractivity (Wildman–Crippen MR) is 94.9 cm³/mol. The van der Waals surface area contributed by atoms with Gasteiger partial charge in [-0.3, -0.25) is 9.78 Å². The van der Waals surface area contributed by atoms with Crippen LogP contribution in [0.2, 0.25) is 5.02 Å². The van der Waals surface area contributed by atoms with Gasteiger partial charge in [-0.05, 0) is 42.7 Å². The van der Waals surface area contributed by atoms with Crippen LogP contribution in [0.1, 0.15) is 22.3 Å². The third kappa shape index (κ3) is 2.39. The molecule has 5 heteroatoms. The Morgan fingerprint density at radius 3 is 2.96 bits per heavy atom. The molecule has 0 radical (unpaired) electrons. The van der Waals surface area contributed by atoms with Crippen molar-refractivity contribution in [3.05, 3.63) is 64.8 Å². The molecule has 0 saturated heterocycles. The Labute approximate surface area is 144 Å². The van der Waals surface area contributed by atoms with Gasteiger partial charge in [-0.2, -0.15) is 0 Å². The number of halogens is 1. The van der Waals surface area contributed by atoms with E-state index in [0.717, 1.165) is 29.5 Å². The number of amides is 1. The molecule has 0 unspecified atom stereocenters. The van der Waals surface area contributed by atoms with Crippen molar-refractivity contribution < 1.29 is 9.90 Å². The molecule has 4 rings (SSSR count). The molecule has 0 fully saturated rings. The molecule has 2 heterocycles. The maximum Gasteiger partial charge on any atom is 0.262 e. The first-order chi connectivity index (χ1) is 11.6. The summed E-state index contributed by atoms with van der Waals surface area (Å²) < 4.78 is 0. The molecule has 1 aromatic heterocycles. The fraction of sp³-hybridized carbons (Fsp3) is 0.158. The number of fused-ring (bicyclic) bond motifs is 2. The summed E-state index contributed by atoms with van der Waals surface area (Å²) in [5, 5.41) is 11.7. The van der Waals surface area contributed by atoms with E-state index in [0.29, 0.717) is 17.1 Å². The highest BCUT2D eigenvalue weighted by Gasteiger charge is 2.27. The molecule has 24 heavy (non-hydrogen) atoms. The van der Waals surface area contributed by atoms with Crippen LogP contribution >= 0.6 is 11.6 Å². The Morgan fingerprint density at radius 2 is 2.08 bits per heavy atom. The van der Waals surface area contributed by atoms with E-state index < -0.39 is 0 Å². The van der Waals surface area contributed by atoms with Crippen LogP contribution in [0.5, 0.6) is 5.75 Å². The maximum atomic E-state index is 13.1. The molecule has 3 aromatic rings. The van der Waals surface area contributed by atoms with E-state index in [1.165, 1.54) is 0 Å². The number of phenolic OH excluding ortho intramolecular Hbond substituents is 1. The highest BCUT2D eigenvalue weighted by Crippen LogP contribution is 2.36. The number of carbonyl (C=O) groups is 1. The molecule has 1 aliphatic rings. The minimum Gasteiger partial charge on any atom is -0.507 e. The van der Waals surface area contributed by atoms with E-state index in [1.54, 1.807) is 35.4 Å². The average Bonchev–Trinajstić information content (AvgIpc) is 2.60. The zero-order valence-corrected chi connectivity index (χ0v) is 13.6. The number of anilines is 1. The number of carbonyl (C=O) groups excluding carboxylic acids is 1. The van der Waals surface area contributed by atoms with Crippen LogP contribution < -0.4 is 4.90 Å². The van der Waals surface area contributed by atoms with Crippen molar-refractivity contribution in [3.8, 4) is 5.75 Å². The van der Waals surface area contributed by atoms with Crippen molar-refractivity contribution in [1.82, 2.24) is 4.98 Å². The van der Waals surface area contributed by atoms with Crippen molar-refractivity contribution in [3.63, 3.8) is 0 Å². The molecule has 1 amide bonds. The highest BCUT2D eigenvalue weighted by atomic mass is 35.5. The second kappa shape index (κ2) is 5.80. The van der Waals surface area contributed by atoms with Gasteiger partial charge in [0, 0.05) is 18.1 Å². The van der Waals surface area contributed by atoms with Crippen molar-refractivity contribution in [1.29, 1.82) is 0 Å². The standard InChI is InChI=1S/C19H15ClN2O2/c20-15-7-1-4-12-6-3-9-22(18(12)15)19(24)14-11-16-13(10-17(14)23)5-2-8-21-16/h1-2,4-5,7-8,10-11,23H,3,6,9H2. The number of aromatic nitrogens is 1. The van der Waals surface area contributed by atoms with E-state index >= 15 is 0 Å². The number of phenols is 1. The average molecular weight is 339 g/mol. The fourth-order valence-corrected chi connectivity index (χ4v) is 3.53. The third-order valence-electron chi connectivity index (χ3n) is 4.36. The van der Waals surface area contributed by atoms with E-state index in [9.17, 15) is 9.90 Å². The summed E-state index contributed by atoms with van der Waals surface area (Å²) in [6.07, 6.45) is 3.43. The van der Waals surface area contributed by atoms with Gasteiger partial charge in [0.05, 0.1) is 21.8 Å². The Bertz CT molecular complexity index is 955. The minimum atomic E-state index is -0.255. The van der Waals surface area contributed by atoms with Gasteiger partial charge in [-0.15, -0.1) is 0 Å². The third-order valence-corrected chi connectivity index (χ3v) is 4.67. The van der Waals surface area contributed by atoms with Gasteiger partial charge < -0.3 is 10.0 Å². The molecule has 4 nitrogen and oxygen atoms in total. The minimum absolute atomic E-state index is 0.0420. The smallest absolute Gasteiger partial charge is 0.262 e. The van der Waals surface area contributed by atoms with Crippen LogP contribution in [0, 0.1) is 0 Å². The second-order valence-electron chi connectivity index (χ2n) is 5.87. The Kier molecular flexibility index (Phi) is 3.62. The van der Waals surface area contributed by atoms with Crippen LogP contribution in [-0.4, -0.2) is 22.5 Å². The first-order valence-corrected chi connectivity index (χ1v) is 8.20. The molecule has 0 spiro atoms. The van der Waals surface area contributed by atoms with Crippen molar-refractivity contribution in [2.75, 3.05) is 11.4 Å². The molecule has 0 atom stereocenters. The van der Waals surface area contributed by atoms with Crippen LogP contribution in [0.4, 0.5) is 5.69 Å². The summed E-state index contributed by atoms with van der Waals surface area (Å²) in [5.41, 5.74) is 2.72. The Balaban J connectivity index is 1.82. The first kappa shape index (κ1) is 15.0. The molecule has 1 N–H and O–H groups in total. The number of benzene rings is 2. The number of nitrogens with zero attached hydrogens (tertiary/aromatic N) is 2. The zero-order valence-electron chi connectivity index (χ0n) is 12.9. The van der Waals surface area contributed by atoms with Crippen molar-refractivity contribution in [2.24, 2.45) is 0 Å². The number of para-hydroxylation sites is 1. The topological polar surface area (TPSA) is 53.4 Å². The molecule has 2 aromatic carbocycles. The summed E-state index contributed by atoms with van der Waals surface area (Å²) in [6, 6.07) is 12.5. The van der Waals surface area contributed by atoms with Gasteiger partial charge in [0.15, 0.2) is 0 Å². The highest BCUT2D eigenvalue weighted by molar-refractivity contribution is 6.34. The van der Waals surface area contributed by atoms with Gasteiger partial charge >= 0.3 is 0 Å². The summed E-state index contributed by atoms with van der Waals surface area (Å²) in [7, 11) is 0. The second-order valence-corrected chi connectivity index (χ2v) is 6.28. The SMILES string of the molecule is O=C(c1cc2ncccc2cc1O)N1CCCc2cccc(Cl)c21. The van der Waals surface area contributed by atoms with Crippen LogP contribution in [0.3, 0.4) is 0 Å². The largest absolute Gasteiger partial charge is 0.507 e. The molecule has 0 aliphatic carbocycles. The van der Waals surface area contributed by atoms with Crippen molar-refractivity contribution >= 4 is 34.1 Å². The normalized spacial score (nSPS) is 13.8. The van der Waals surface area contributed by atoms with E-state index in [2.05, 4.69) is 4.98 Å². The van der Waals surface area contributed by atoms with Gasteiger partial charge in [0.2, 0.25) is 0 Å². The lowest BCUT2D eigenvalue weighted by molar-refractivity contribution is 0.0982. The van der Waals surface area contributed by atoms with E-state index in [4.69, 9.17) is 11.6 Å². The van der Waals surface area contributed by atoms with Gasteiger partial charge in [0.25, 0.3) is 5.91 Å². The molecule has 1 aliphatic heterocycles. The lowest BCUT2D eigenvalue weighted by Gasteiger charge is -2.30. The first-order valence-electron chi connectivity index (χ1n) is 7.82. The molecule has 120 valence electrons. The number of rotatable bonds is 1. The monoisotopic (exact) mass is 338 g/mol. The number of aryl methyl sites for hydroxylation is 1. The molecular weight excluding hydrogens is 324 g/mol. The van der Waals surface area contributed by atoms with E-state index in [1.807, 2.05) is 18.2 Å². The fourth-order valence-electron chi connectivity index (χ4n) is 3.23. The summed E-state index contributed by atoms with van der Waals surface area (Å²) in [4.78, 5) is 19.0. The lowest BCUT2D eigenvalue weighted by Crippen LogP contribution is -2.35. The number of aromatic hydroxyl groups is 1. The number of pyridine rings is 1. The maximum absolute atomic E-state index is 13.1. The Hall–Kier alpha value is -2.59. The van der Waals surface area contributed by atoms with Crippen molar-refractivity contribution in [2.45, 2.75) is 12.8 Å². The van der Waals surface area contributed by atoms with Gasteiger partial charge in [-0.25, -0.2) is 0 Å². The van der Waals surface area contributed by atoms with E-state index in [-0.39, 0.29) is 17.2 Å². The zero-order chi connectivity index (χ0) is 16.7. The summed E-state index contributed by atoms with van der Waals surface area (Å²) >= 11 is 6.33. The number of hydrogen-bond acceptors (Lipinski definition) is 3. The predicted octanol–water partition coefficient (Wildman–Crippen LogP) is 4.19. The summed E-state index contributed by atoms with van der Waals surface area (Å²) in [5.74, 6) is -0.297. The van der Waals surface area contributed by atoms with Crippen LogP contribution in [-0.2, 0) is 6.42 Å². The molecular formula is C19H15ClN2O2. The van der Waals surface area contributed by atoms with Gasteiger partial charge in [-0.1, -0.05) is 29.8 Å². The lowest BCUT2D eigenvalue weighted by atomic mass is 10.00. The number of hydrogen-bond donors (Lipinski definition) is 1. The molecule has 0 bridgehead atoms. The summed E-state index contributed by atoms with van der Waals surface area (Å²) in [6.45, 7) is 0.579. The van der Waals surface area contributed by atoms with Crippen LogP contribution in [0.15, 0.2) is 48.7 Å². The molecule has 0 saturated carbocycles. The van der Waals surface area contributed by atoms with Crippen LogP contribution in [0.25, 0.3) is 10.9 Å². The Morgan fingerprint density at radius 1 is 1.21 bits per heavy atom. The quantitative estimate of drug-likeness (QED) is 0.724.